The second-order valence-corrected chi connectivity index (χ2v) is 8.08. The summed E-state index contributed by atoms with van der Waals surface area (Å²) in [6, 6.07) is 8.70. The largest absolute Gasteiger partial charge is 0.342 e. The normalized spacial score (nSPS) is 11.8. The van der Waals surface area contributed by atoms with E-state index in [1.54, 1.807) is 12.1 Å². The fourth-order valence-electron chi connectivity index (χ4n) is 2.66. The van der Waals surface area contributed by atoms with Crippen molar-refractivity contribution in [2.45, 2.75) is 38.5 Å². The first-order valence-corrected chi connectivity index (χ1v) is 11.0. The summed E-state index contributed by atoms with van der Waals surface area (Å²) in [6.45, 7) is 6.34. The Morgan fingerprint density at radius 2 is 2.00 bits per heavy atom. The summed E-state index contributed by atoms with van der Waals surface area (Å²) in [7, 11) is 0. The predicted molar refractivity (Wildman–Crippen MR) is 114 cm³/mol. The molecule has 152 valence electrons. The third kappa shape index (κ3) is 5.42. The van der Waals surface area contributed by atoms with Gasteiger partial charge in [0.2, 0.25) is 5.91 Å². The zero-order valence-electron chi connectivity index (χ0n) is 16.4. The number of carbonyl (C=O) groups is 2. The van der Waals surface area contributed by atoms with Crippen LogP contribution in [0.5, 0.6) is 0 Å². The number of nitrogens with one attached hydrogen (secondary N) is 2. The van der Waals surface area contributed by atoms with E-state index in [2.05, 4.69) is 25.8 Å². The molecule has 2 heterocycles. The fourth-order valence-corrected chi connectivity index (χ4v) is 4.17. The molecule has 0 saturated carbocycles. The van der Waals surface area contributed by atoms with Crippen molar-refractivity contribution in [3.63, 3.8) is 0 Å². The molecule has 3 aromatic rings. The highest BCUT2D eigenvalue weighted by Crippen LogP contribution is 2.22. The Bertz CT molecular complexity index is 986. The Kier molecular flexibility index (Phi) is 6.99. The smallest absolute Gasteiger partial charge is 0.251 e. The van der Waals surface area contributed by atoms with Crippen molar-refractivity contribution in [3.8, 4) is 0 Å². The van der Waals surface area contributed by atoms with Crippen LogP contribution in [0, 0.1) is 6.92 Å². The number of thioether (sulfide) groups is 1. The summed E-state index contributed by atoms with van der Waals surface area (Å²) in [5.41, 5.74) is 1.46. The minimum atomic E-state index is -0.323. The Morgan fingerprint density at radius 1 is 1.24 bits per heavy atom. The molecule has 2 N–H and O–H groups in total. The molecule has 1 atom stereocenters. The molecule has 0 radical (unpaired) electrons. The van der Waals surface area contributed by atoms with Gasteiger partial charge in [-0.1, -0.05) is 30.0 Å². The maximum Gasteiger partial charge on any atom is 0.251 e. The van der Waals surface area contributed by atoms with Crippen molar-refractivity contribution in [1.82, 2.24) is 25.1 Å². The quantitative estimate of drug-likeness (QED) is 0.532. The van der Waals surface area contributed by atoms with Gasteiger partial charge in [0.1, 0.15) is 0 Å². The van der Waals surface area contributed by atoms with Crippen molar-refractivity contribution in [2.75, 3.05) is 11.1 Å². The van der Waals surface area contributed by atoms with Crippen LogP contribution in [0.4, 0.5) is 5.13 Å². The van der Waals surface area contributed by atoms with Crippen LogP contribution in [0.1, 0.15) is 41.8 Å². The zero-order chi connectivity index (χ0) is 20.8. The van der Waals surface area contributed by atoms with Gasteiger partial charge in [0.05, 0.1) is 17.5 Å². The molecular formula is C19H22N6O2S2. The number of aryl methyl sites for hydroxylation is 1. The SMILES string of the molecule is CCn1c(SCC(=O)Nc2nc(C)cs2)nnc1[C@H](C)NC(=O)c1ccccc1. The molecule has 8 nitrogen and oxygen atoms in total. The van der Waals surface area contributed by atoms with Gasteiger partial charge in [-0.15, -0.1) is 21.5 Å². The molecule has 2 aromatic heterocycles. The van der Waals surface area contributed by atoms with Gasteiger partial charge in [-0.3, -0.25) is 9.59 Å². The molecule has 3 rings (SSSR count). The molecule has 0 bridgehead atoms. The number of rotatable bonds is 8. The molecule has 2 amide bonds. The van der Waals surface area contributed by atoms with Gasteiger partial charge in [0.15, 0.2) is 16.1 Å². The lowest BCUT2D eigenvalue weighted by molar-refractivity contribution is -0.113. The van der Waals surface area contributed by atoms with E-state index in [1.807, 2.05) is 48.9 Å². The van der Waals surface area contributed by atoms with Crippen LogP contribution in [0.2, 0.25) is 0 Å². The van der Waals surface area contributed by atoms with E-state index < -0.39 is 0 Å². The maximum absolute atomic E-state index is 12.4. The minimum absolute atomic E-state index is 0.151. The monoisotopic (exact) mass is 430 g/mol. The number of anilines is 1. The highest BCUT2D eigenvalue weighted by atomic mass is 32.2. The molecule has 1 aromatic carbocycles. The Hall–Kier alpha value is -2.72. The minimum Gasteiger partial charge on any atom is -0.342 e. The van der Waals surface area contributed by atoms with Crippen LogP contribution in [-0.2, 0) is 11.3 Å². The first-order valence-electron chi connectivity index (χ1n) is 9.11. The second-order valence-electron chi connectivity index (χ2n) is 6.28. The summed E-state index contributed by atoms with van der Waals surface area (Å²) in [6.07, 6.45) is 0. The molecule has 0 spiro atoms. The molecule has 0 aliphatic carbocycles. The third-order valence-electron chi connectivity index (χ3n) is 4.03. The number of amides is 2. The van der Waals surface area contributed by atoms with E-state index in [-0.39, 0.29) is 23.6 Å². The van der Waals surface area contributed by atoms with Crippen LogP contribution in [0.25, 0.3) is 0 Å². The molecule has 0 saturated heterocycles. The first kappa shape index (κ1) is 21.0. The summed E-state index contributed by atoms with van der Waals surface area (Å²) in [5, 5.41) is 17.3. The number of hydrogen-bond acceptors (Lipinski definition) is 7. The van der Waals surface area contributed by atoms with E-state index in [4.69, 9.17) is 0 Å². The van der Waals surface area contributed by atoms with Crippen LogP contribution >= 0.6 is 23.1 Å². The van der Waals surface area contributed by atoms with Crippen molar-refractivity contribution >= 4 is 40.0 Å². The van der Waals surface area contributed by atoms with Gasteiger partial charge < -0.3 is 15.2 Å². The summed E-state index contributed by atoms with van der Waals surface area (Å²) < 4.78 is 1.90. The number of hydrogen-bond donors (Lipinski definition) is 2. The number of nitrogens with zero attached hydrogens (tertiary/aromatic N) is 4. The Labute approximate surface area is 177 Å². The van der Waals surface area contributed by atoms with Gasteiger partial charge in [0.25, 0.3) is 5.91 Å². The number of aromatic nitrogens is 4. The number of carbonyl (C=O) groups excluding carboxylic acids is 2. The number of thiazole rings is 1. The van der Waals surface area contributed by atoms with Crippen molar-refractivity contribution in [1.29, 1.82) is 0 Å². The summed E-state index contributed by atoms with van der Waals surface area (Å²) >= 11 is 2.69. The molecule has 0 fully saturated rings. The second kappa shape index (κ2) is 9.66. The average Bonchev–Trinajstić information content (AvgIpc) is 3.32. The molecule has 29 heavy (non-hydrogen) atoms. The Balaban J connectivity index is 1.61. The van der Waals surface area contributed by atoms with E-state index in [0.717, 1.165) is 5.69 Å². The van der Waals surface area contributed by atoms with Gasteiger partial charge in [-0.05, 0) is 32.9 Å². The van der Waals surface area contributed by atoms with Gasteiger partial charge in [-0.25, -0.2) is 4.98 Å². The molecule has 0 aliphatic heterocycles. The highest BCUT2D eigenvalue weighted by Gasteiger charge is 2.20. The predicted octanol–water partition coefficient (Wildman–Crippen LogP) is 3.28. The zero-order valence-corrected chi connectivity index (χ0v) is 18.0. The topological polar surface area (TPSA) is 102 Å². The Morgan fingerprint density at radius 3 is 2.66 bits per heavy atom. The number of benzene rings is 1. The lowest BCUT2D eigenvalue weighted by Gasteiger charge is -2.15. The molecule has 0 unspecified atom stereocenters. The molecule has 10 heteroatoms. The van der Waals surface area contributed by atoms with Gasteiger partial charge in [0, 0.05) is 17.5 Å². The van der Waals surface area contributed by atoms with E-state index in [1.165, 1.54) is 23.1 Å². The van der Waals surface area contributed by atoms with Gasteiger partial charge >= 0.3 is 0 Å². The van der Waals surface area contributed by atoms with Gasteiger partial charge in [-0.2, -0.15) is 0 Å². The van der Waals surface area contributed by atoms with Crippen molar-refractivity contribution in [2.24, 2.45) is 0 Å². The summed E-state index contributed by atoms with van der Waals surface area (Å²) in [4.78, 5) is 28.8. The average molecular weight is 431 g/mol. The lowest BCUT2D eigenvalue weighted by atomic mass is 10.2. The first-order chi connectivity index (χ1) is 14.0. The van der Waals surface area contributed by atoms with Crippen LogP contribution in [0.15, 0.2) is 40.9 Å². The van der Waals surface area contributed by atoms with E-state index in [0.29, 0.717) is 28.2 Å². The van der Waals surface area contributed by atoms with Crippen LogP contribution in [-0.4, -0.2) is 37.3 Å². The molecule has 0 aliphatic rings. The maximum atomic E-state index is 12.4. The highest BCUT2D eigenvalue weighted by molar-refractivity contribution is 7.99. The van der Waals surface area contributed by atoms with E-state index in [9.17, 15) is 9.59 Å². The fraction of sp³-hybridized carbons (Fsp3) is 0.316. The standard InChI is InChI=1S/C19H22N6O2S2/c1-4-25-16(13(3)21-17(27)14-8-6-5-7-9-14)23-24-19(25)29-11-15(26)22-18-20-12(2)10-28-18/h5-10,13H,4,11H2,1-3H3,(H,21,27)(H,20,22,26)/t13-/m0/s1. The lowest BCUT2D eigenvalue weighted by Crippen LogP contribution is -2.28. The third-order valence-corrected chi connectivity index (χ3v) is 5.87. The van der Waals surface area contributed by atoms with Crippen LogP contribution in [0.3, 0.4) is 0 Å². The molecular weight excluding hydrogens is 408 g/mol. The van der Waals surface area contributed by atoms with E-state index >= 15 is 0 Å². The van der Waals surface area contributed by atoms with Crippen molar-refractivity contribution < 1.29 is 9.59 Å². The summed E-state index contributed by atoms with van der Waals surface area (Å²) in [5.74, 6) is 0.523. The van der Waals surface area contributed by atoms with Crippen molar-refractivity contribution in [3.05, 3.63) is 52.8 Å². The van der Waals surface area contributed by atoms with Crippen LogP contribution < -0.4 is 10.6 Å².